The zero-order valence-electron chi connectivity index (χ0n) is 9.63. The molecule has 1 rings (SSSR count). The molecule has 0 atom stereocenters. The predicted octanol–water partition coefficient (Wildman–Crippen LogP) is 2.30. The van der Waals surface area contributed by atoms with Crippen molar-refractivity contribution < 1.29 is 13.2 Å². The van der Waals surface area contributed by atoms with Crippen LogP contribution in [0.5, 0.6) is 0 Å². The van der Waals surface area contributed by atoms with Gasteiger partial charge in [-0.25, -0.2) is 15.8 Å². The highest BCUT2D eigenvalue weighted by atomic mass is 79.9. The van der Waals surface area contributed by atoms with Crippen molar-refractivity contribution in [3.05, 3.63) is 10.8 Å². The molecule has 0 aromatic carbocycles. The van der Waals surface area contributed by atoms with Crippen molar-refractivity contribution >= 4 is 27.6 Å². The maximum Gasteiger partial charge on any atom is 0.405 e. The van der Waals surface area contributed by atoms with Gasteiger partial charge in [0.05, 0.1) is 0 Å². The summed E-state index contributed by atoms with van der Waals surface area (Å²) in [5.41, 5.74) is 2.29. The molecule has 5 nitrogen and oxygen atoms in total. The molecular weight excluding hydrogens is 315 g/mol. The average Bonchev–Trinajstić information content (AvgIpc) is 2.27. The van der Waals surface area contributed by atoms with E-state index in [2.05, 4.69) is 31.3 Å². The van der Waals surface area contributed by atoms with Crippen LogP contribution >= 0.6 is 15.9 Å². The van der Waals surface area contributed by atoms with Gasteiger partial charge in [0.2, 0.25) is 0 Å². The van der Waals surface area contributed by atoms with Crippen molar-refractivity contribution in [1.29, 1.82) is 0 Å². The van der Waals surface area contributed by atoms with Crippen LogP contribution in [0.1, 0.15) is 13.3 Å². The topological polar surface area (TPSA) is 67.1 Å². The van der Waals surface area contributed by atoms with Gasteiger partial charge in [0.25, 0.3) is 0 Å². The highest BCUT2D eigenvalue weighted by Crippen LogP contribution is 2.30. The monoisotopic (exact) mass is 327 g/mol. The van der Waals surface area contributed by atoms with Crippen molar-refractivity contribution in [2.24, 2.45) is 5.84 Å². The van der Waals surface area contributed by atoms with Crippen LogP contribution in [0.3, 0.4) is 0 Å². The van der Waals surface area contributed by atoms with Crippen molar-refractivity contribution in [3.63, 3.8) is 0 Å². The van der Waals surface area contributed by atoms with Crippen LogP contribution in [-0.2, 0) is 0 Å². The molecule has 0 radical (unpaired) electrons. The fraction of sp³-hybridized carbons (Fsp3) is 0.556. The van der Waals surface area contributed by atoms with E-state index < -0.39 is 12.7 Å². The van der Waals surface area contributed by atoms with Gasteiger partial charge in [-0.2, -0.15) is 13.2 Å². The van der Waals surface area contributed by atoms with Crippen molar-refractivity contribution in [1.82, 2.24) is 9.97 Å². The molecule has 0 saturated heterocycles. The second kappa shape index (κ2) is 6.19. The van der Waals surface area contributed by atoms with Gasteiger partial charge in [-0.15, -0.1) is 0 Å². The number of nitrogens with zero attached hydrogens (tertiary/aromatic N) is 3. The summed E-state index contributed by atoms with van der Waals surface area (Å²) in [6, 6.07) is 0. The number of hydrogen-bond donors (Lipinski definition) is 2. The third-order valence-corrected chi connectivity index (χ3v) is 2.80. The number of alkyl halides is 3. The van der Waals surface area contributed by atoms with Gasteiger partial charge < -0.3 is 10.3 Å². The van der Waals surface area contributed by atoms with Gasteiger partial charge in [0.15, 0.2) is 5.82 Å². The number of nitrogens with one attached hydrogen (secondary N) is 1. The fourth-order valence-electron chi connectivity index (χ4n) is 1.43. The van der Waals surface area contributed by atoms with Crippen LogP contribution < -0.4 is 16.2 Å². The molecule has 0 aliphatic carbocycles. The Bertz CT molecular complexity index is 398. The minimum absolute atomic E-state index is 0.164. The van der Waals surface area contributed by atoms with Crippen LogP contribution in [0.25, 0.3) is 0 Å². The molecular formula is C9H13BrF3N5. The Morgan fingerprint density at radius 3 is 2.61 bits per heavy atom. The van der Waals surface area contributed by atoms with Gasteiger partial charge in [0.1, 0.15) is 23.2 Å². The molecule has 9 heteroatoms. The van der Waals surface area contributed by atoms with Crippen LogP contribution in [-0.4, -0.2) is 29.2 Å². The second-order valence-electron chi connectivity index (χ2n) is 3.54. The van der Waals surface area contributed by atoms with Gasteiger partial charge in [-0.3, -0.25) is 0 Å². The van der Waals surface area contributed by atoms with E-state index in [0.29, 0.717) is 10.9 Å². The number of halogens is 4. The molecule has 0 aliphatic rings. The maximum absolute atomic E-state index is 12.5. The van der Waals surface area contributed by atoms with E-state index in [4.69, 9.17) is 5.84 Å². The Balaban J connectivity index is 3.05. The first-order chi connectivity index (χ1) is 8.39. The molecule has 3 N–H and O–H groups in total. The number of anilines is 2. The van der Waals surface area contributed by atoms with Gasteiger partial charge in [-0.1, -0.05) is 6.92 Å². The lowest BCUT2D eigenvalue weighted by molar-refractivity contribution is -0.119. The fourth-order valence-corrected chi connectivity index (χ4v) is 2.00. The largest absolute Gasteiger partial charge is 0.405 e. The van der Waals surface area contributed by atoms with E-state index in [9.17, 15) is 13.2 Å². The molecule has 1 aromatic rings. The zero-order chi connectivity index (χ0) is 13.8. The van der Waals surface area contributed by atoms with Crippen LogP contribution in [0.4, 0.5) is 24.8 Å². The first-order valence-corrected chi connectivity index (χ1v) is 5.97. The summed E-state index contributed by atoms with van der Waals surface area (Å²) in [6.07, 6.45) is -2.57. The quantitative estimate of drug-likeness (QED) is 0.641. The predicted molar refractivity (Wildman–Crippen MR) is 66.1 cm³/mol. The SMILES string of the molecule is CCCN(CC(F)(F)F)c1ncnc(NN)c1Br. The van der Waals surface area contributed by atoms with Crippen molar-refractivity contribution in [2.75, 3.05) is 23.4 Å². The second-order valence-corrected chi connectivity index (χ2v) is 4.33. The highest BCUT2D eigenvalue weighted by Gasteiger charge is 2.32. The third kappa shape index (κ3) is 3.98. The summed E-state index contributed by atoms with van der Waals surface area (Å²) in [7, 11) is 0. The van der Waals surface area contributed by atoms with Gasteiger partial charge >= 0.3 is 6.18 Å². The van der Waals surface area contributed by atoms with E-state index in [1.165, 1.54) is 0 Å². The van der Waals surface area contributed by atoms with E-state index in [1.54, 1.807) is 6.92 Å². The Morgan fingerprint density at radius 2 is 2.11 bits per heavy atom. The van der Waals surface area contributed by atoms with E-state index in [0.717, 1.165) is 11.2 Å². The molecule has 102 valence electrons. The van der Waals surface area contributed by atoms with Crippen LogP contribution in [0.15, 0.2) is 10.8 Å². The summed E-state index contributed by atoms with van der Waals surface area (Å²) in [5.74, 6) is 5.61. The molecule has 1 heterocycles. The Kier molecular flexibility index (Phi) is 5.15. The van der Waals surface area contributed by atoms with Crippen LogP contribution in [0.2, 0.25) is 0 Å². The number of rotatable bonds is 5. The lowest BCUT2D eigenvalue weighted by Gasteiger charge is -2.25. The smallest absolute Gasteiger partial charge is 0.346 e. The van der Waals surface area contributed by atoms with Gasteiger partial charge in [0, 0.05) is 6.54 Å². The molecule has 0 amide bonds. The molecule has 1 aromatic heterocycles. The Hall–Kier alpha value is -1.09. The molecule has 0 spiro atoms. The lowest BCUT2D eigenvalue weighted by Crippen LogP contribution is -2.35. The molecule has 0 saturated carbocycles. The summed E-state index contributed by atoms with van der Waals surface area (Å²) < 4.78 is 37.8. The first-order valence-electron chi connectivity index (χ1n) is 5.17. The average molecular weight is 328 g/mol. The minimum atomic E-state index is -4.30. The normalized spacial score (nSPS) is 11.4. The lowest BCUT2D eigenvalue weighted by atomic mass is 10.3. The first kappa shape index (κ1) is 15.0. The zero-order valence-corrected chi connectivity index (χ0v) is 11.2. The highest BCUT2D eigenvalue weighted by molar-refractivity contribution is 9.10. The van der Waals surface area contributed by atoms with E-state index >= 15 is 0 Å². The van der Waals surface area contributed by atoms with Crippen molar-refractivity contribution in [3.8, 4) is 0 Å². The van der Waals surface area contributed by atoms with E-state index in [-0.39, 0.29) is 18.2 Å². The molecule has 0 unspecified atom stereocenters. The van der Waals surface area contributed by atoms with Crippen molar-refractivity contribution in [2.45, 2.75) is 19.5 Å². The Morgan fingerprint density at radius 1 is 1.44 bits per heavy atom. The minimum Gasteiger partial charge on any atom is -0.346 e. The number of hydrazine groups is 1. The van der Waals surface area contributed by atoms with E-state index in [1.807, 2.05) is 0 Å². The summed E-state index contributed by atoms with van der Waals surface area (Å²) in [5, 5.41) is 0. The standard InChI is InChI=1S/C9H13BrF3N5/c1-2-3-18(4-9(11,12)13)8-6(10)7(17-14)15-5-16-8/h5H,2-4,14H2,1H3,(H,15,16,17). The maximum atomic E-state index is 12.5. The molecule has 0 aliphatic heterocycles. The number of aromatic nitrogens is 2. The number of hydrogen-bond acceptors (Lipinski definition) is 5. The summed E-state index contributed by atoms with van der Waals surface area (Å²) >= 11 is 3.14. The summed E-state index contributed by atoms with van der Waals surface area (Å²) in [6.45, 7) is 0.958. The summed E-state index contributed by atoms with van der Waals surface area (Å²) in [4.78, 5) is 8.79. The molecule has 0 bridgehead atoms. The van der Waals surface area contributed by atoms with Gasteiger partial charge in [-0.05, 0) is 22.4 Å². The number of nitrogen functional groups attached to an aromatic ring is 1. The molecule has 0 fully saturated rings. The third-order valence-electron chi connectivity index (χ3n) is 2.07. The molecule has 18 heavy (non-hydrogen) atoms. The number of nitrogens with two attached hydrogens (primary N) is 1. The van der Waals surface area contributed by atoms with Crippen LogP contribution in [0, 0.1) is 0 Å². The Labute approximate surface area is 111 Å².